The Hall–Kier alpha value is -2.43. The number of aromatic nitrogens is 4. The Morgan fingerprint density at radius 3 is 2.67 bits per heavy atom. The zero-order valence-corrected chi connectivity index (χ0v) is 18.7. The fourth-order valence-electron chi connectivity index (χ4n) is 4.64. The molecule has 0 radical (unpaired) electrons. The van der Waals surface area contributed by atoms with Gasteiger partial charge in [0.05, 0.1) is 0 Å². The second-order valence-corrected chi connectivity index (χ2v) is 9.73. The van der Waals surface area contributed by atoms with E-state index in [2.05, 4.69) is 61.6 Å². The summed E-state index contributed by atoms with van der Waals surface area (Å²) in [5.74, 6) is 2.56. The number of rotatable bonds is 5. The molecule has 1 aliphatic heterocycles. The van der Waals surface area contributed by atoms with Crippen LogP contribution in [-0.4, -0.2) is 32.1 Å². The molecule has 4 heterocycles. The van der Waals surface area contributed by atoms with Gasteiger partial charge in [0.25, 0.3) is 0 Å². The van der Waals surface area contributed by atoms with Gasteiger partial charge in [-0.05, 0) is 71.4 Å². The van der Waals surface area contributed by atoms with E-state index in [-0.39, 0.29) is 5.54 Å². The molecule has 0 aromatic carbocycles. The molecule has 0 N–H and O–H groups in total. The minimum atomic E-state index is 0.0263. The molecule has 3 aromatic rings. The van der Waals surface area contributed by atoms with Crippen molar-refractivity contribution in [2.45, 2.75) is 83.7 Å². The van der Waals surface area contributed by atoms with Crippen LogP contribution in [0.5, 0.6) is 0 Å². The molecule has 1 saturated carbocycles. The number of anilines is 1. The number of nitrogens with zero attached hydrogens (tertiary/aromatic N) is 5. The third kappa shape index (κ3) is 3.38. The fourth-order valence-corrected chi connectivity index (χ4v) is 4.64. The van der Waals surface area contributed by atoms with Crippen molar-refractivity contribution in [3.05, 3.63) is 36.3 Å². The van der Waals surface area contributed by atoms with Gasteiger partial charge in [-0.25, -0.2) is 15.0 Å². The Balaban J connectivity index is 1.64. The first-order chi connectivity index (χ1) is 14.5. The molecular weight excluding hydrogens is 370 g/mol. The molecule has 2 aliphatic rings. The zero-order valence-electron chi connectivity index (χ0n) is 18.7. The highest BCUT2D eigenvalue weighted by atomic mass is 15.2. The maximum atomic E-state index is 5.11. The van der Waals surface area contributed by atoms with Gasteiger partial charge in [-0.1, -0.05) is 6.92 Å². The molecule has 1 aliphatic carbocycles. The molecule has 5 rings (SSSR count). The van der Waals surface area contributed by atoms with Gasteiger partial charge in [0.15, 0.2) is 5.82 Å². The van der Waals surface area contributed by atoms with E-state index >= 15 is 0 Å². The Kier molecular flexibility index (Phi) is 4.79. The summed E-state index contributed by atoms with van der Waals surface area (Å²) in [5, 5.41) is 1.14. The number of piperidine rings is 1. The summed E-state index contributed by atoms with van der Waals surface area (Å²) < 4.78 is 2.30. The molecule has 1 saturated heterocycles. The minimum Gasteiger partial charge on any atom is -0.354 e. The van der Waals surface area contributed by atoms with Crippen LogP contribution in [0.3, 0.4) is 0 Å². The first-order valence-corrected chi connectivity index (χ1v) is 11.6. The third-order valence-electron chi connectivity index (χ3n) is 7.17. The molecule has 5 heteroatoms. The number of pyridine rings is 1. The van der Waals surface area contributed by atoms with E-state index in [4.69, 9.17) is 15.0 Å². The monoisotopic (exact) mass is 403 g/mol. The first-order valence-electron chi connectivity index (χ1n) is 11.6. The molecule has 158 valence electrons. The number of hydrogen-bond acceptors (Lipinski definition) is 4. The van der Waals surface area contributed by atoms with Crippen molar-refractivity contribution >= 4 is 16.9 Å². The second-order valence-electron chi connectivity index (χ2n) is 9.73. The largest absolute Gasteiger partial charge is 0.354 e. The lowest BCUT2D eigenvalue weighted by Gasteiger charge is -2.34. The molecule has 0 spiro atoms. The molecular formula is C25H33N5. The van der Waals surface area contributed by atoms with E-state index in [1.807, 2.05) is 6.20 Å². The van der Waals surface area contributed by atoms with E-state index < -0.39 is 0 Å². The summed E-state index contributed by atoms with van der Waals surface area (Å²) in [6, 6.07) is 7.07. The van der Waals surface area contributed by atoms with E-state index in [9.17, 15) is 0 Å². The topological polar surface area (TPSA) is 46.8 Å². The van der Waals surface area contributed by atoms with E-state index in [0.717, 1.165) is 41.2 Å². The second kappa shape index (κ2) is 7.36. The van der Waals surface area contributed by atoms with Crippen LogP contribution >= 0.6 is 0 Å². The first kappa shape index (κ1) is 19.5. The Morgan fingerprint density at radius 1 is 1.10 bits per heavy atom. The SMILES string of the molecule is CCC(C)(C)n1ccc2c(-c3nc(C4CC4)cc(N4CCCCC4C)n3)ccnc21. The summed E-state index contributed by atoms with van der Waals surface area (Å²) in [5.41, 5.74) is 3.36. The Bertz CT molecular complexity index is 1060. The maximum Gasteiger partial charge on any atom is 0.162 e. The van der Waals surface area contributed by atoms with Crippen LogP contribution in [0.1, 0.15) is 77.8 Å². The quantitative estimate of drug-likeness (QED) is 0.532. The molecule has 2 fully saturated rings. The lowest BCUT2D eigenvalue weighted by Crippen LogP contribution is -2.38. The van der Waals surface area contributed by atoms with Gasteiger partial charge in [-0.2, -0.15) is 0 Å². The summed E-state index contributed by atoms with van der Waals surface area (Å²) in [4.78, 5) is 17.4. The summed E-state index contributed by atoms with van der Waals surface area (Å²) in [6.07, 6.45) is 11.4. The van der Waals surface area contributed by atoms with Crippen molar-refractivity contribution in [3.8, 4) is 11.4 Å². The average molecular weight is 404 g/mol. The Morgan fingerprint density at radius 2 is 1.93 bits per heavy atom. The summed E-state index contributed by atoms with van der Waals surface area (Å²) >= 11 is 0. The van der Waals surface area contributed by atoms with Crippen LogP contribution in [0, 0.1) is 0 Å². The van der Waals surface area contributed by atoms with E-state index in [1.165, 1.54) is 37.8 Å². The van der Waals surface area contributed by atoms with Crippen molar-refractivity contribution in [1.29, 1.82) is 0 Å². The van der Waals surface area contributed by atoms with Crippen molar-refractivity contribution in [2.75, 3.05) is 11.4 Å². The van der Waals surface area contributed by atoms with Crippen molar-refractivity contribution in [1.82, 2.24) is 19.5 Å². The lowest BCUT2D eigenvalue weighted by molar-refractivity contribution is 0.352. The van der Waals surface area contributed by atoms with Gasteiger partial charge in [0.1, 0.15) is 11.5 Å². The van der Waals surface area contributed by atoms with Gasteiger partial charge in [-0.3, -0.25) is 0 Å². The highest BCUT2D eigenvalue weighted by Crippen LogP contribution is 2.41. The summed E-state index contributed by atoms with van der Waals surface area (Å²) in [6.45, 7) is 10.2. The Labute approximate surface area is 179 Å². The van der Waals surface area contributed by atoms with Crippen molar-refractivity contribution in [2.24, 2.45) is 0 Å². The minimum absolute atomic E-state index is 0.0263. The molecule has 5 nitrogen and oxygen atoms in total. The lowest BCUT2D eigenvalue weighted by atomic mass is 10.0. The van der Waals surface area contributed by atoms with Crippen LogP contribution in [-0.2, 0) is 5.54 Å². The molecule has 3 aromatic heterocycles. The third-order valence-corrected chi connectivity index (χ3v) is 7.17. The fraction of sp³-hybridized carbons (Fsp3) is 0.560. The standard InChI is InChI=1S/C25H33N5/c1-5-25(3,4)30-15-12-20-19(11-13-26-24(20)30)23-27-21(18-9-10-18)16-22(28-23)29-14-7-6-8-17(29)2/h11-13,15-18H,5-10,14H2,1-4H3. The highest BCUT2D eigenvalue weighted by Gasteiger charge is 2.29. The van der Waals surface area contributed by atoms with Gasteiger partial charge < -0.3 is 9.47 Å². The van der Waals surface area contributed by atoms with Crippen LogP contribution in [0.25, 0.3) is 22.4 Å². The predicted molar refractivity (Wildman–Crippen MR) is 123 cm³/mol. The zero-order chi connectivity index (χ0) is 20.9. The maximum absolute atomic E-state index is 5.11. The summed E-state index contributed by atoms with van der Waals surface area (Å²) in [7, 11) is 0. The van der Waals surface area contributed by atoms with E-state index in [0.29, 0.717) is 12.0 Å². The van der Waals surface area contributed by atoms with Gasteiger partial charge in [0.2, 0.25) is 0 Å². The molecule has 30 heavy (non-hydrogen) atoms. The van der Waals surface area contributed by atoms with Gasteiger partial charge >= 0.3 is 0 Å². The average Bonchev–Trinajstić information content (AvgIpc) is 3.51. The van der Waals surface area contributed by atoms with Crippen LogP contribution < -0.4 is 4.90 Å². The predicted octanol–water partition coefficient (Wildman–Crippen LogP) is 5.89. The van der Waals surface area contributed by atoms with Crippen molar-refractivity contribution < 1.29 is 0 Å². The van der Waals surface area contributed by atoms with Crippen LogP contribution in [0.4, 0.5) is 5.82 Å². The van der Waals surface area contributed by atoms with Crippen LogP contribution in [0.2, 0.25) is 0 Å². The number of hydrogen-bond donors (Lipinski definition) is 0. The molecule has 0 bridgehead atoms. The van der Waals surface area contributed by atoms with Gasteiger partial charge in [0, 0.05) is 59.1 Å². The number of fused-ring (bicyclic) bond motifs is 1. The van der Waals surface area contributed by atoms with Crippen LogP contribution in [0.15, 0.2) is 30.6 Å². The normalized spacial score (nSPS) is 20.1. The molecule has 1 atom stereocenters. The molecule has 1 unspecified atom stereocenters. The molecule has 0 amide bonds. The smallest absolute Gasteiger partial charge is 0.162 e. The van der Waals surface area contributed by atoms with E-state index in [1.54, 1.807) is 0 Å². The highest BCUT2D eigenvalue weighted by molar-refractivity contribution is 5.91. The van der Waals surface area contributed by atoms with Gasteiger partial charge in [-0.15, -0.1) is 0 Å². The van der Waals surface area contributed by atoms with Crippen molar-refractivity contribution in [3.63, 3.8) is 0 Å².